The molecule has 1 aromatic rings. The third-order valence-electron chi connectivity index (χ3n) is 3.09. The molecule has 0 aromatic heterocycles. The van der Waals surface area contributed by atoms with Crippen LogP contribution in [0.2, 0.25) is 0 Å². The Morgan fingerprint density at radius 1 is 1.44 bits per heavy atom. The summed E-state index contributed by atoms with van der Waals surface area (Å²) in [7, 11) is 1.62. The molecule has 18 heavy (non-hydrogen) atoms. The zero-order valence-corrected chi connectivity index (χ0v) is 12.2. The maximum atomic E-state index is 11.3. The molecule has 0 unspecified atom stereocenters. The van der Waals surface area contributed by atoms with E-state index >= 15 is 0 Å². The molecule has 1 aliphatic carbocycles. The van der Waals surface area contributed by atoms with Gasteiger partial charge in [0, 0.05) is 16.5 Å². The Morgan fingerprint density at radius 2 is 2.17 bits per heavy atom. The van der Waals surface area contributed by atoms with Crippen molar-refractivity contribution in [3.63, 3.8) is 0 Å². The van der Waals surface area contributed by atoms with Crippen LogP contribution in [-0.4, -0.2) is 19.0 Å². The van der Waals surface area contributed by atoms with Gasteiger partial charge >= 0.3 is 0 Å². The molecule has 3 nitrogen and oxygen atoms in total. The number of ether oxygens (including phenoxy) is 2. The van der Waals surface area contributed by atoms with Crippen LogP contribution in [0.4, 0.5) is 0 Å². The van der Waals surface area contributed by atoms with Gasteiger partial charge in [-0.25, -0.2) is 0 Å². The summed E-state index contributed by atoms with van der Waals surface area (Å²) in [5, 5.41) is 0. The molecule has 1 fully saturated rings. The summed E-state index contributed by atoms with van der Waals surface area (Å²) >= 11 is 3.43. The Balaban J connectivity index is 2.33. The molecule has 98 valence electrons. The van der Waals surface area contributed by atoms with Crippen molar-refractivity contribution in [1.29, 1.82) is 0 Å². The predicted molar refractivity (Wildman–Crippen MR) is 73.3 cm³/mol. The van der Waals surface area contributed by atoms with E-state index in [-0.39, 0.29) is 11.9 Å². The first-order valence-electron chi connectivity index (χ1n) is 6.12. The van der Waals surface area contributed by atoms with Gasteiger partial charge in [0.1, 0.15) is 5.78 Å². The molecule has 0 amide bonds. The van der Waals surface area contributed by atoms with Crippen molar-refractivity contribution in [3.8, 4) is 11.5 Å². The smallest absolute Gasteiger partial charge is 0.165 e. The van der Waals surface area contributed by atoms with Crippen LogP contribution in [-0.2, 0) is 11.2 Å². The third kappa shape index (κ3) is 3.05. The van der Waals surface area contributed by atoms with Gasteiger partial charge in [0.15, 0.2) is 11.5 Å². The number of rotatable bonds is 5. The van der Waals surface area contributed by atoms with Crippen LogP contribution in [0.1, 0.15) is 31.7 Å². The molecule has 0 bridgehead atoms. The maximum absolute atomic E-state index is 11.3. The summed E-state index contributed by atoms with van der Waals surface area (Å²) in [4.78, 5) is 11.3. The Morgan fingerprint density at radius 3 is 2.67 bits per heavy atom. The van der Waals surface area contributed by atoms with Crippen molar-refractivity contribution < 1.29 is 14.3 Å². The van der Waals surface area contributed by atoms with Crippen LogP contribution >= 0.6 is 15.9 Å². The number of Topliss-reactive ketones (excluding diaryl/α,β-unsaturated/α-hetero) is 1. The lowest BCUT2D eigenvalue weighted by Crippen LogP contribution is -2.25. The SMILES string of the molecule is COc1cc(Br)cc(CC(C)=O)c1OC1CCC1. The van der Waals surface area contributed by atoms with Crippen molar-refractivity contribution >= 4 is 21.7 Å². The summed E-state index contributed by atoms with van der Waals surface area (Å²) in [6, 6.07) is 3.80. The van der Waals surface area contributed by atoms with E-state index in [0.717, 1.165) is 28.6 Å². The number of hydrogen-bond donors (Lipinski definition) is 0. The molecule has 0 heterocycles. The highest BCUT2D eigenvalue weighted by molar-refractivity contribution is 9.10. The highest BCUT2D eigenvalue weighted by Gasteiger charge is 2.23. The van der Waals surface area contributed by atoms with Gasteiger partial charge in [0.25, 0.3) is 0 Å². The summed E-state index contributed by atoms with van der Waals surface area (Å²) in [5.41, 5.74) is 0.889. The van der Waals surface area contributed by atoms with E-state index in [1.165, 1.54) is 6.42 Å². The van der Waals surface area contributed by atoms with E-state index in [1.54, 1.807) is 14.0 Å². The number of halogens is 1. The number of carbonyl (C=O) groups excluding carboxylic acids is 1. The molecule has 0 radical (unpaired) electrons. The lowest BCUT2D eigenvalue weighted by Gasteiger charge is -2.28. The van der Waals surface area contributed by atoms with Gasteiger partial charge in [-0.15, -0.1) is 0 Å². The minimum atomic E-state index is 0.119. The Labute approximate surface area is 116 Å². The van der Waals surface area contributed by atoms with Gasteiger partial charge < -0.3 is 9.47 Å². The van der Waals surface area contributed by atoms with Crippen molar-refractivity contribution in [2.75, 3.05) is 7.11 Å². The number of hydrogen-bond acceptors (Lipinski definition) is 3. The summed E-state index contributed by atoms with van der Waals surface area (Å²) in [5.74, 6) is 1.53. The highest BCUT2D eigenvalue weighted by atomic mass is 79.9. The Hall–Kier alpha value is -1.03. The van der Waals surface area contributed by atoms with Crippen molar-refractivity contribution in [2.45, 2.75) is 38.7 Å². The number of ketones is 1. The fourth-order valence-corrected chi connectivity index (χ4v) is 2.45. The Kier molecular flexibility index (Phi) is 4.27. The molecule has 0 spiro atoms. The largest absolute Gasteiger partial charge is 0.493 e. The molecular formula is C14H17BrO3. The van der Waals surface area contributed by atoms with E-state index < -0.39 is 0 Å². The molecule has 0 atom stereocenters. The van der Waals surface area contributed by atoms with Crippen LogP contribution in [0.3, 0.4) is 0 Å². The normalized spacial score (nSPS) is 15.1. The molecule has 2 rings (SSSR count). The number of benzene rings is 1. The second-order valence-electron chi connectivity index (χ2n) is 4.65. The highest BCUT2D eigenvalue weighted by Crippen LogP contribution is 2.38. The van der Waals surface area contributed by atoms with Crippen LogP contribution in [0, 0.1) is 0 Å². The van der Waals surface area contributed by atoms with E-state index in [2.05, 4.69) is 15.9 Å². The fraction of sp³-hybridized carbons (Fsp3) is 0.500. The first-order valence-corrected chi connectivity index (χ1v) is 6.92. The standard InChI is InChI=1S/C14H17BrO3/c1-9(16)6-10-7-11(15)8-13(17-2)14(10)18-12-4-3-5-12/h7-8,12H,3-6H2,1-2H3. The molecule has 1 aliphatic rings. The number of methoxy groups -OCH3 is 1. The summed E-state index contributed by atoms with van der Waals surface area (Å²) < 4.78 is 12.2. The van der Waals surface area contributed by atoms with Gasteiger partial charge in [-0.2, -0.15) is 0 Å². The first kappa shape index (κ1) is 13.4. The maximum Gasteiger partial charge on any atom is 0.165 e. The van der Waals surface area contributed by atoms with Crippen LogP contribution in [0.5, 0.6) is 11.5 Å². The average Bonchev–Trinajstić information content (AvgIpc) is 2.23. The van der Waals surface area contributed by atoms with E-state index in [4.69, 9.17) is 9.47 Å². The summed E-state index contributed by atoms with van der Waals surface area (Å²) in [6.45, 7) is 1.58. The quantitative estimate of drug-likeness (QED) is 0.834. The van der Waals surface area contributed by atoms with E-state index in [1.807, 2.05) is 12.1 Å². The van der Waals surface area contributed by atoms with E-state index in [0.29, 0.717) is 12.2 Å². The average molecular weight is 313 g/mol. The molecule has 0 aliphatic heterocycles. The fourth-order valence-electron chi connectivity index (χ4n) is 1.96. The van der Waals surface area contributed by atoms with Crippen LogP contribution in [0.25, 0.3) is 0 Å². The van der Waals surface area contributed by atoms with Gasteiger partial charge in [0.05, 0.1) is 13.2 Å². The van der Waals surface area contributed by atoms with Gasteiger partial charge in [-0.3, -0.25) is 4.79 Å². The lowest BCUT2D eigenvalue weighted by atomic mass is 9.96. The molecule has 0 saturated heterocycles. The van der Waals surface area contributed by atoms with Gasteiger partial charge in [0.2, 0.25) is 0 Å². The zero-order valence-electron chi connectivity index (χ0n) is 10.7. The second-order valence-corrected chi connectivity index (χ2v) is 5.56. The van der Waals surface area contributed by atoms with Crippen molar-refractivity contribution in [2.24, 2.45) is 0 Å². The summed E-state index contributed by atoms with van der Waals surface area (Å²) in [6.07, 6.45) is 4.02. The lowest BCUT2D eigenvalue weighted by molar-refractivity contribution is -0.116. The second kappa shape index (κ2) is 5.74. The molecular weight excluding hydrogens is 296 g/mol. The van der Waals surface area contributed by atoms with Crippen LogP contribution < -0.4 is 9.47 Å². The monoisotopic (exact) mass is 312 g/mol. The van der Waals surface area contributed by atoms with Gasteiger partial charge in [-0.05, 0) is 38.3 Å². The first-order chi connectivity index (χ1) is 8.60. The molecule has 1 saturated carbocycles. The Bertz CT molecular complexity index is 453. The number of carbonyl (C=O) groups is 1. The van der Waals surface area contributed by atoms with Crippen LogP contribution in [0.15, 0.2) is 16.6 Å². The van der Waals surface area contributed by atoms with Crippen molar-refractivity contribution in [1.82, 2.24) is 0 Å². The van der Waals surface area contributed by atoms with Gasteiger partial charge in [-0.1, -0.05) is 15.9 Å². The molecule has 4 heteroatoms. The van der Waals surface area contributed by atoms with Crippen molar-refractivity contribution in [3.05, 3.63) is 22.2 Å². The minimum absolute atomic E-state index is 0.119. The molecule has 0 N–H and O–H groups in total. The third-order valence-corrected chi connectivity index (χ3v) is 3.55. The minimum Gasteiger partial charge on any atom is -0.493 e. The van der Waals surface area contributed by atoms with E-state index in [9.17, 15) is 4.79 Å². The zero-order chi connectivity index (χ0) is 13.1. The molecule has 1 aromatic carbocycles. The predicted octanol–water partition coefficient (Wildman–Crippen LogP) is 3.52. The topological polar surface area (TPSA) is 35.5 Å².